The Labute approximate surface area is 266 Å². The fraction of sp³-hybridized carbons (Fsp3) is 0.121. The van der Waals surface area contributed by atoms with E-state index < -0.39 is 11.8 Å². The summed E-state index contributed by atoms with van der Waals surface area (Å²) in [6.07, 6.45) is 1.56. The lowest BCUT2D eigenvalue weighted by Gasteiger charge is -2.36. The van der Waals surface area contributed by atoms with E-state index in [1.807, 2.05) is 86.6 Å². The SMILES string of the molecule is COc1cc(C=C2C(=O)N(c3ccc(C)cc3)C(=S)N(c3ccc(C)cc3)C2=O)cc(Br)c1OCc1ccc(Br)cc1. The number of methoxy groups -OCH3 is 1. The van der Waals surface area contributed by atoms with Crippen LogP contribution in [0, 0.1) is 13.8 Å². The zero-order valence-electron chi connectivity index (χ0n) is 23.1. The summed E-state index contributed by atoms with van der Waals surface area (Å²) < 4.78 is 13.3. The Kier molecular flexibility index (Phi) is 8.91. The smallest absolute Gasteiger partial charge is 0.270 e. The fourth-order valence-electron chi connectivity index (χ4n) is 4.44. The molecule has 0 bridgehead atoms. The number of amides is 2. The van der Waals surface area contributed by atoms with Gasteiger partial charge in [-0.15, -0.1) is 0 Å². The van der Waals surface area contributed by atoms with E-state index in [4.69, 9.17) is 21.7 Å². The lowest BCUT2D eigenvalue weighted by Crippen LogP contribution is -2.56. The summed E-state index contributed by atoms with van der Waals surface area (Å²) in [5.74, 6) is -0.0660. The van der Waals surface area contributed by atoms with Crippen LogP contribution in [0.3, 0.4) is 0 Å². The maximum Gasteiger partial charge on any atom is 0.270 e. The summed E-state index contributed by atoms with van der Waals surface area (Å²) in [7, 11) is 1.54. The number of benzene rings is 4. The molecule has 42 heavy (non-hydrogen) atoms. The van der Waals surface area contributed by atoms with Crippen molar-refractivity contribution in [3.8, 4) is 11.5 Å². The van der Waals surface area contributed by atoms with Gasteiger partial charge in [0.1, 0.15) is 12.2 Å². The van der Waals surface area contributed by atoms with E-state index in [0.717, 1.165) is 21.2 Å². The van der Waals surface area contributed by atoms with Crippen LogP contribution >= 0.6 is 44.1 Å². The van der Waals surface area contributed by atoms with E-state index in [1.54, 1.807) is 25.3 Å². The number of carbonyl (C=O) groups is 2. The Morgan fingerprint density at radius 1 is 0.786 bits per heavy atom. The number of nitrogens with zero attached hydrogens (tertiary/aromatic N) is 2. The van der Waals surface area contributed by atoms with Gasteiger partial charge in [0.2, 0.25) is 0 Å². The predicted molar refractivity (Wildman–Crippen MR) is 177 cm³/mol. The summed E-state index contributed by atoms with van der Waals surface area (Å²) in [6, 6.07) is 26.2. The number of thiocarbonyl (C=S) groups is 1. The first-order valence-corrected chi connectivity index (χ1v) is 15.0. The second-order valence-corrected chi connectivity index (χ2v) is 11.9. The molecular formula is C33H26Br2N2O4S. The Hall–Kier alpha value is -3.79. The number of hydrogen-bond acceptors (Lipinski definition) is 5. The Morgan fingerprint density at radius 2 is 1.31 bits per heavy atom. The van der Waals surface area contributed by atoms with Gasteiger partial charge in [-0.25, -0.2) is 0 Å². The third-order valence-corrected chi connectivity index (χ3v) is 8.18. The Bertz CT molecular complexity index is 1630. The maximum absolute atomic E-state index is 13.9. The molecule has 5 rings (SSSR count). The minimum Gasteiger partial charge on any atom is -0.493 e. The molecule has 0 saturated carbocycles. The average molecular weight is 706 g/mol. The van der Waals surface area contributed by atoms with Gasteiger partial charge >= 0.3 is 0 Å². The molecule has 1 aliphatic heterocycles. The van der Waals surface area contributed by atoms with Gasteiger partial charge in [0, 0.05) is 4.47 Å². The number of rotatable bonds is 7. The van der Waals surface area contributed by atoms with Crippen LogP contribution in [-0.2, 0) is 16.2 Å². The van der Waals surface area contributed by atoms with Gasteiger partial charge < -0.3 is 9.47 Å². The first-order valence-electron chi connectivity index (χ1n) is 13.0. The van der Waals surface area contributed by atoms with E-state index in [1.165, 1.54) is 9.80 Å². The highest BCUT2D eigenvalue weighted by molar-refractivity contribution is 9.10. The first kappa shape index (κ1) is 29.7. The van der Waals surface area contributed by atoms with Crippen LogP contribution in [-0.4, -0.2) is 24.0 Å². The number of halogens is 2. The van der Waals surface area contributed by atoms with Crippen LogP contribution in [0.1, 0.15) is 22.3 Å². The summed E-state index contributed by atoms with van der Waals surface area (Å²) in [4.78, 5) is 30.6. The van der Waals surface area contributed by atoms with Crippen molar-refractivity contribution in [2.24, 2.45) is 0 Å². The van der Waals surface area contributed by atoms with Crippen LogP contribution in [0.4, 0.5) is 11.4 Å². The predicted octanol–water partition coefficient (Wildman–Crippen LogP) is 8.16. The maximum atomic E-state index is 13.9. The molecule has 4 aromatic rings. The van der Waals surface area contributed by atoms with Crippen LogP contribution in [0.5, 0.6) is 11.5 Å². The lowest BCUT2D eigenvalue weighted by atomic mass is 10.0. The number of carbonyl (C=O) groups excluding carboxylic acids is 2. The normalized spacial score (nSPS) is 13.5. The number of anilines is 2. The highest BCUT2D eigenvalue weighted by Gasteiger charge is 2.41. The fourth-order valence-corrected chi connectivity index (χ4v) is 5.65. The standard InChI is InChI=1S/C33H26Br2N2O4S/c1-20-4-12-25(13-5-20)36-31(38)27(32(39)37(33(36)42)26-14-6-21(2)7-15-26)16-23-17-28(35)30(29(18-23)40-3)41-19-22-8-10-24(34)11-9-22/h4-18H,19H2,1-3H3. The van der Waals surface area contributed by atoms with Crippen molar-refractivity contribution in [1.82, 2.24) is 0 Å². The minimum atomic E-state index is -0.511. The molecule has 0 aromatic heterocycles. The highest BCUT2D eigenvalue weighted by atomic mass is 79.9. The molecule has 2 amide bonds. The van der Waals surface area contributed by atoms with E-state index in [-0.39, 0.29) is 10.7 Å². The van der Waals surface area contributed by atoms with E-state index in [9.17, 15) is 9.59 Å². The average Bonchev–Trinajstić information content (AvgIpc) is 2.97. The molecule has 0 unspecified atom stereocenters. The molecule has 4 aromatic carbocycles. The molecule has 212 valence electrons. The van der Waals surface area contributed by atoms with E-state index in [2.05, 4.69) is 31.9 Å². The lowest BCUT2D eigenvalue weighted by molar-refractivity contribution is -0.120. The molecule has 9 heteroatoms. The highest BCUT2D eigenvalue weighted by Crippen LogP contribution is 2.39. The molecule has 1 saturated heterocycles. The van der Waals surface area contributed by atoms with Crippen molar-refractivity contribution in [1.29, 1.82) is 0 Å². The van der Waals surface area contributed by atoms with Gasteiger partial charge in [-0.1, -0.05) is 63.5 Å². The van der Waals surface area contributed by atoms with Crippen molar-refractivity contribution >= 4 is 78.5 Å². The van der Waals surface area contributed by atoms with Gasteiger partial charge in [0.05, 0.1) is 23.0 Å². The van der Waals surface area contributed by atoms with Gasteiger partial charge in [-0.3, -0.25) is 19.4 Å². The second-order valence-electron chi connectivity index (χ2n) is 9.74. The van der Waals surface area contributed by atoms with Gasteiger partial charge in [-0.2, -0.15) is 0 Å². The van der Waals surface area contributed by atoms with Crippen LogP contribution in [0.2, 0.25) is 0 Å². The molecule has 0 spiro atoms. The summed E-state index contributed by atoms with van der Waals surface area (Å²) in [6.45, 7) is 4.25. The Balaban J connectivity index is 1.54. The van der Waals surface area contributed by atoms with Crippen LogP contribution < -0.4 is 19.3 Å². The van der Waals surface area contributed by atoms with Crippen LogP contribution in [0.25, 0.3) is 6.08 Å². The molecule has 0 N–H and O–H groups in total. The Morgan fingerprint density at radius 3 is 1.81 bits per heavy atom. The zero-order valence-corrected chi connectivity index (χ0v) is 27.0. The monoisotopic (exact) mass is 704 g/mol. The molecule has 1 heterocycles. The molecule has 0 atom stereocenters. The first-order chi connectivity index (χ1) is 20.2. The third kappa shape index (κ3) is 6.18. The van der Waals surface area contributed by atoms with Gasteiger partial charge in [-0.05, 0) is 108 Å². The molecule has 0 radical (unpaired) electrons. The largest absolute Gasteiger partial charge is 0.493 e. The molecule has 1 fully saturated rings. The summed E-state index contributed by atoms with van der Waals surface area (Å²) in [5.41, 5.74) is 4.74. The van der Waals surface area contributed by atoms with Crippen molar-refractivity contribution in [3.63, 3.8) is 0 Å². The van der Waals surface area contributed by atoms with Crippen molar-refractivity contribution in [2.75, 3.05) is 16.9 Å². The third-order valence-electron chi connectivity index (χ3n) is 6.69. The second kappa shape index (κ2) is 12.6. The minimum absolute atomic E-state index is 0.0396. The molecule has 6 nitrogen and oxygen atoms in total. The summed E-state index contributed by atoms with van der Waals surface area (Å²) >= 11 is 12.8. The van der Waals surface area contributed by atoms with Crippen molar-refractivity contribution in [2.45, 2.75) is 20.5 Å². The van der Waals surface area contributed by atoms with Crippen LogP contribution in [0.15, 0.2) is 99.4 Å². The van der Waals surface area contributed by atoms with Gasteiger partial charge in [0.25, 0.3) is 11.8 Å². The number of aryl methyl sites for hydroxylation is 2. The topological polar surface area (TPSA) is 59.1 Å². The quantitative estimate of drug-likeness (QED) is 0.110. The van der Waals surface area contributed by atoms with E-state index >= 15 is 0 Å². The molecular weight excluding hydrogens is 680 g/mol. The zero-order chi connectivity index (χ0) is 30.0. The van der Waals surface area contributed by atoms with Gasteiger partial charge in [0.15, 0.2) is 16.6 Å². The summed E-state index contributed by atoms with van der Waals surface area (Å²) in [5, 5.41) is 0.0882. The van der Waals surface area contributed by atoms with Crippen molar-refractivity contribution < 1.29 is 19.1 Å². The molecule has 1 aliphatic rings. The molecule has 0 aliphatic carbocycles. The van der Waals surface area contributed by atoms with E-state index in [0.29, 0.717) is 39.5 Å². The number of hydrogen-bond donors (Lipinski definition) is 0. The van der Waals surface area contributed by atoms with Crippen molar-refractivity contribution in [3.05, 3.63) is 122 Å². The number of ether oxygens (including phenoxy) is 2.